The van der Waals surface area contributed by atoms with E-state index < -0.39 is 5.54 Å². The number of piperidine rings is 1. The summed E-state index contributed by atoms with van der Waals surface area (Å²) >= 11 is 0. The van der Waals surface area contributed by atoms with Gasteiger partial charge in [-0.05, 0) is 17.9 Å². The third-order valence-corrected chi connectivity index (χ3v) is 3.81. The van der Waals surface area contributed by atoms with Crippen molar-refractivity contribution in [2.75, 3.05) is 13.1 Å². The molecule has 0 spiro atoms. The summed E-state index contributed by atoms with van der Waals surface area (Å²) in [4.78, 5) is 13.6. The summed E-state index contributed by atoms with van der Waals surface area (Å²) in [6, 6.07) is 12.5. The van der Waals surface area contributed by atoms with Crippen LogP contribution in [0.4, 0.5) is 0 Å². The Morgan fingerprint density at radius 3 is 2.86 bits per heavy atom. The molecule has 1 amide bonds. The zero-order valence-electron chi connectivity index (χ0n) is 12.4. The molecule has 1 aromatic rings. The summed E-state index contributed by atoms with van der Waals surface area (Å²) in [6.07, 6.45) is 2.50. The standard InChI is InChI=1S/C17H21N3O/c1-3-15-9-17(12-18,19-14(2)21)13-20(10-15)11-16-7-5-4-6-8-16/h3-8,15H,1,9-11,13H2,2H3,(H,19,21)/t15-,17-/m0/s1. The summed E-state index contributed by atoms with van der Waals surface area (Å²) in [7, 11) is 0. The SMILES string of the molecule is C=C[C@@H]1CN(Cc2ccccc2)C[C@](C#N)(NC(C)=O)C1. The van der Waals surface area contributed by atoms with E-state index in [0.29, 0.717) is 13.0 Å². The van der Waals surface area contributed by atoms with E-state index in [0.717, 1.165) is 13.1 Å². The van der Waals surface area contributed by atoms with Gasteiger partial charge in [0.25, 0.3) is 0 Å². The van der Waals surface area contributed by atoms with Gasteiger partial charge in [0.2, 0.25) is 5.91 Å². The number of likely N-dealkylation sites (tertiary alicyclic amines) is 1. The second kappa shape index (κ2) is 6.55. The minimum absolute atomic E-state index is 0.166. The smallest absolute Gasteiger partial charge is 0.218 e. The number of hydrogen-bond donors (Lipinski definition) is 1. The maximum absolute atomic E-state index is 11.4. The number of carbonyl (C=O) groups excluding carboxylic acids is 1. The number of hydrogen-bond acceptors (Lipinski definition) is 3. The number of benzene rings is 1. The molecular formula is C17H21N3O. The summed E-state index contributed by atoms with van der Waals surface area (Å²) in [6.45, 7) is 7.49. The molecule has 1 saturated heterocycles. The Kier molecular flexibility index (Phi) is 4.77. The number of nitrogens with one attached hydrogen (secondary N) is 1. The van der Waals surface area contributed by atoms with Gasteiger partial charge in [0, 0.05) is 26.6 Å². The van der Waals surface area contributed by atoms with Gasteiger partial charge in [-0.2, -0.15) is 5.26 Å². The fourth-order valence-electron chi connectivity index (χ4n) is 3.01. The minimum atomic E-state index is -0.822. The molecule has 1 aliphatic heterocycles. The maximum atomic E-state index is 11.4. The monoisotopic (exact) mass is 283 g/mol. The first-order valence-corrected chi connectivity index (χ1v) is 7.16. The van der Waals surface area contributed by atoms with Gasteiger partial charge in [-0.1, -0.05) is 36.4 Å². The Labute approximate surface area is 126 Å². The highest BCUT2D eigenvalue weighted by Gasteiger charge is 2.39. The van der Waals surface area contributed by atoms with Crippen molar-refractivity contribution in [1.82, 2.24) is 10.2 Å². The highest BCUT2D eigenvalue weighted by Crippen LogP contribution is 2.27. The molecule has 1 aliphatic rings. The van der Waals surface area contributed by atoms with E-state index in [1.54, 1.807) is 0 Å². The van der Waals surface area contributed by atoms with Gasteiger partial charge in [0.05, 0.1) is 6.07 Å². The maximum Gasteiger partial charge on any atom is 0.218 e. The molecule has 0 bridgehead atoms. The third-order valence-electron chi connectivity index (χ3n) is 3.81. The number of carbonyl (C=O) groups is 1. The van der Waals surface area contributed by atoms with Crippen molar-refractivity contribution in [2.45, 2.75) is 25.4 Å². The summed E-state index contributed by atoms with van der Waals surface area (Å²) in [5.41, 5.74) is 0.384. The lowest BCUT2D eigenvalue weighted by Crippen LogP contribution is -2.59. The topological polar surface area (TPSA) is 56.1 Å². The Morgan fingerprint density at radius 2 is 2.29 bits per heavy atom. The summed E-state index contributed by atoms with van der Waals surface area (Å²) in [5.74, 6) is 0.0369. The largest absolute Gasteiger partial charge is 0.337 e. The second-order valence-electron chi connectivity index (χ2n) is 5.73. The molecule has 0 aliphatic carbocycles. The fraction of sp³-hybridized carbons (Fsp3) is 0.412. The first kappa shape index (κ1) is 15.3. The van der Waals surface area contributed by atoms with Gasteiger partial charge >= 0.3 is 0 Å². The predicted octanol–water partition coefficient (Wildman–Crippen LogP) is 2.09. The van der Waals surface area contributed by atoms with E-state index in [1.165, 1.54) is 12.5 Å². The second-order valence-corrected chi connectivity index (χ2v) is 5.73. The zero-order valence-corrected chi connectivity index (χ0v) is 12.4. The van der Waals surface area contributed by atoms with Crippen molar-refractivity contribution >= 4 is 5.91 Å². The van der Waals surface area contributed by atoms with Crippen LogP contribution in [0.5, 0.6) is 0 Å². The number of nitrogens with zero attached hydrogens (tertiary/aromatic N) is 2. The molecule has 1 fully saturated rings. The van der Waals surface area contributed by atoms with Crippen molar-refractivity contribution in [1.29, 1.82) is 5.26 Å². The van der Waals surface area contributed by atoms with E-state index >= 15 is 0 Å². The van der Waals surface area contributed by atoms with E-state index in [9.17, 15) is 10.1 Å². The number of amides is 1. The normalized spacial score (nSPS) is 25.8. The average Bonchev–Trinajstić information content (AvgIpc) is 2.47. The van der Waals surface area contributed by atoms with Crippen LogP contribution in [0.3, 0.4) is 0 Å². The van der Waals surface area contributed by atoms with E-state index in [4.69, 9.17) is 0 Å². The van der Waals surface area contributed by atoms with Crippen LogP contribution >= 0.6 is 0 Å². The average molecular weight is 283 g/mol. The molecule has 0 saturated carbocycles. The molecule has 1 aromatic carbocycles. The van der Waals surface area contributed by atoms with E-state index in [1.807, 2.05) is 24.3 Å². The van der Waals surface area contributed by atoms with Crippen LogP contribution in [0.15, 0.2) is 43.0 Å². The molecule has 0 radical (unpaired) electrons. The lowest BCUT2D eigenvalue weighted by Gasteiger charge is -2.42. The molecular weight excluding hydrogens is 262 g/mol. The van der Waals surface area contributed by atoms with Gasteiger partial charge in [-0.25, -0.2) is 0 Å². The first-order chi connectivity index (χ1) is 10.1. The molecule has 110 valence electrons. The lowest BCUT2D eigenvalue weighted by molar-refractivity contribution is -0.121. The van der Waals surface area contributed by atoms with Crippen LogP contribution in [0, 0.1) is 17.2 Å². The Balaban J connectivity index is 2.16. The van der Waals surface area contributed by atoms with Crippen molar-refractivity contribution in [3.63, 3.8) is 0 Å². The zero-order chi connectivity index (χ0) is 15.3. The van der Waals surface area contributed by atoms with Gasteiger partial charge in [0.1, 0.15) is 5.54 Å². The van der Waals surface area contributed by atoms with Crippen LogP contribution in [0.25, 0.3) is 0 Å². The highest BCUT2D eigenvalue weighted by molar-refractivity contribution is 5.74. The Hall–Kier alpha value is -2.12. The molecule has 2 atom stereocenters. The summed E-state index contributed by atoms with van der Waals surface area (Å²) in [5, 5.41) is 12.4. The quantitative estimate of drug-likeness (QED) is 0.861. The van der Waals surface area contributed by atoms with Gasteiger partial charge in [-0.15, -0.1) is 6.58 Å². The molecule has 4 nitrogen and oxygen atoms in total. The third kappa shape index (κ3) is 3.93. The summed E-state index contributed by atoms with van der Waals surface area (Å²) < 4.78 is 0. The lowest BCUT2D eigenvalue weighted by atomic mass is 9.83. The number of rotatable bonds is 4. The van der Waals surface area contributed by atoms with Crippen molar-refractivity contribution < 1.29 is 4.79 Å². The molecule has 1 heterocycles. The highest BCUT2D eigenvalue weighted by atomic mass is 16.1. The number of nitriles is 1. The van der Waals surface area contributed by atoms with Gasteiger partial charge < -0.3 is 5.32 Å². The molecule has 4 heteroatoms. The molecule has 21 heavy (non-hydrogen) atoms. The molecule has 1 N–H and O–H groups in total. The van der Waals surface area contributed by atoms with Gasteiger partial charge in [-0.3, -0.25) is 9.69 Å². The van der Waals surface area contributed by atoms with Crippen LogP contribution in [-0.2, 0) is 11.3 Å². The van der Waals surface area contributed by atoms with Crippen molar-refractivity contribution in [3.8, 4) is 6.07 Å². The molecule has 0 aromatic heterocycles. The minimum Gasteiger partial charge on any atom is -0.337 e. The van der Waals surface area contributed by atoms with Crippen LogP contribution in [-0.4, -0.2) is 29.4 Å². The van der Waals surface area contributed by atoms with Crippen molar-refractivity contribution in [2.24, 2.45) is 5.92 Å². The molecule has 0 unspecified atom stereocenters. The van der Waals surface area contributed by atoms with Crippen LogP contribution in [0.2, 0.25) is 0 Å². The Morgan fingerprint density at radius 1 is 1.57 bits per heavy atom. The Bertz CT molecular complexity index is 549. The predicted molar refractivity (Wildman–Crippen MR) is 82.2 cm³/mol. The fourth-order valence-corrected chi connectivity index (χ4v) is 3.01. The van der Waals surface area contributed by atoms with Crippen LogP contribution < -0.4 is 5.32 Å². The van der Waals surface area contributed by atoms with Crippen molar-refractivity contribution in [3.05, 3.63) is 48.6 Å². The van der Waals surface area contributed by atoms with Crippen LogP contribution in [0.1, 0.15) is 18.9 Å². The first-order valence-electron chi connectivity index (χ1n) is 7.16. The molecule has 2 rings (SSSR count). The van der Waals surface area contributed by atoms with E-state index in [2.05, 4.69) is 35.0 Å². The van der Waals surface area contributed by atoms with Gasteiger partial charge in [0.15, 0.2) is 0 Å². The van der Waals surface area contributed by atoms with E-state index in [-0.39, 0.29) is 11.8 Å².